The van der Waals surface area contributed by atoms with Gasteiger partial charge in [-0.3, -0.25) is 14.1 Å². The number of aliphatic hydroxyl groups is 1. The predicted molar refractivity (Wildman–Crippen MR) is 135 cm³/mol. The number of carbonyl (C=O) groups excluding carboxylic acids is 1. The smallest absolute Gasteiger partial charge is 0.254 e. The quantitative estimate of drug-likeness (QED) is 0.394. The van der Waals surface area contributed by atoms with E-state index in [0.29, 0.717) is 35.8 Å². The Hall–Kier alpha value is -3.82. The number of imidazole rings is 1. The molecule has 2 aliphatic rings. The van der Waals surface area contributed by atoms with Crippen LogP contribution in [-0.2, 0) is 6.54 Å². The van der Waals surface area contributed by atoms with Gasteiger partial charge in [0.25, 0.3) is 5.91 Å². The first kappa shape index (κ1) is 22.6. The fourth-order valence-electron chi connectivity index (χ4n) is 5.26. The summed E-state index contributed by atoms with van der Waals surface area (Å²) >= 11 is 0. The van der Waals surface area contributed by atoms with Gasteiger partial charge in [0.05, 0.1) is 29.2 Å². The number of nitrogens with zero attached hydrogens (tertiary/aromatic N) is 4. The van der Waals surface area contributed by atoms with Crippen LogP contribution in [0.5, 0.6) is 0 Å². The Labute approximate surface area is 207 Å². The number of β-amino-alcohol motifs (C(OH)–C–C–N with tert-alkyl or cyclic N) is 1. The number of nitrogens with one attached hydrogen (secondary N) is 2. The largest absolute Gasteiger partial charge is 0.392 e. The van der Waals surface area contributed by atoms with Crippen LogP contribution in [0, 0.1) is 5.82 Å². The van der Waals surface area contributed by atoms with Crippen LogP contribution >= 0.6 is 0 Å². The van der Waals surface area contributed by atoms with Crippen molar-refractivity contribution in [3.8, 4) is 11.3 Å². The van der Waals surface area contributed by atoms with E-state index in [2.05, 4.69) is 32.4 Å². The second-order valence-corrected chi connectivity index (χ2v) is 9.48. The molecule has 6 rings (SSSR count). The van der Waals surface area contributed by atoms with Gasteiger partial charge in [0.15, 0.2) is 0 Å². The van der Waals surface area contributed by atoms with Crippen molar-refractivity contribution in [1.29, 1.82) is 0 Å². The predicted octanol–water partition coefficient (Wildman–Crippen LogP) is 4.04. The van der Waals surface area contributed by atoms with Gasteiger partial charge < -0.3 is 15.7 Å². The first-order chi connectivity index (χ1) is 17.5. The molecule has 2 atom stereocenters. The molecule has 4 aromatic rings. The molecule has 36 heavy (non-hydrogen) atoms. The van der Waals surface area contributed by atoms with Crippen molar-refractivity contribution in [2.24, 2.45) is 0 Å². The van der Waals surface area contributed by atoms with E-state index in [1.807, 2.05) is 34.9 Å². The Morgan fingerprint density at radius 2 is 2.08 bits per heavy atom. The molecule has 8 nitrogen and oxygen atoms in total. The van der Waals surface area contributed by atoms with Gasteiger partial charge in [0.1, 0.15) is 17.3 Å². The van der Waals surface area contributed by atoms with Crippen molar-refractivity contribution in [2.75, 3.05) is 18.4 Å². The van der Waals surface area contributed by atoms with Crippen LogP contribution in [0.25, 0.3) is 16.9 Å². The Bertz CT molecular complexity index is 1450. The molecule has 2 aliphatic heterocycles. The molecule has 0 bridgehead atoms. The summed E-state index contributed by atoms with van der Waals surface area (Å²) in [5, 5.41) is 16.2. The van der Waals surface area contributed by atoms with E-state index in [9.17, 15) is 14.3 Å². The van der Waals surface area contributed by atoms with Gasteiger partial charge in [-0.15, -0.1) is 0 Å². The number of carbonyl (C=O) groups is 1. The number of benzene rings is 1. The molecule has 1 fully saturated rings. The topological polar surface area (TPSA) is 94.8 Å². The van der Waals surface area contributed by atoms with Crippen molar-refractivity contribution in [3.63, 3.8) is 0 Å². The monoisotopic (exact) mass is 486 g/mol. The number of likely N-dealkylation sites (tertiary alicyclic amines) is 1. The van der Waals surface area contributed by atoms with Crippen LogP contribution in [-0.4, -0.2) is 49.5 Å². The summed E-state index contributed by atoms with van der Waals surface area (Å²) in [4.78, 5) is 24.0. The number of piperidine rings is 1. The number of amides is 1. The highest BCUT2D eigenvalue weighted by Crippen LogP contribution is 2.35. The number of fused-ring (bicyclic) bond motifs is 2. The molecule has 3 aromatic heterocycles. The number of hydrogen-bond donors (Lipinski definition) is 3. The third kappa shape index (κ3) is 4.00. The molecule has 0 radical (unpaired) electrons. The van der Waals surface area contributed by atoms with Gasteiger partial charge in [-0.05, 0) is 55.6 Å². The molecule has 184 valence electrons. The SMILES string of the molecule is CC(c1ccc(Nc2ccc(-c3cnc4cc(F)ccn34)c3c2C(=O)NC3)nc1)N1CCC[C@H](O)C1. The zero-order valence-corrected chi connectivity index (χ0v) is 19.9. The van der Waals surface area contributed by atoms with Crippen LogP contribution in [0.3, 0.4) is 0 Å². The number of halogens is 1. The summed E-state index contributed by atoms with van der Waals surface area (Å²) in [5.74, 6) is 0.148. The van der Waals surface area contributed by atoms with Crippen LogP contribution < -0.4 is 10.6 Å². The Balaban J connectivity index is 1.28. The standard InChI is InChI=1S/C27H27FN6O2/c1-16(33-9-2-3-19(35)15-33)17-4-7-24(29-12-17)32-22-6-5-20(21-13-31-27(36)26(21)22)23-14-30-25-11-18(28)8-10-34(23)25/h4-8,10-12,14,16,19,35H,2-3,9,13,15H2,1H3,(H,29,32)(H,31,36)/t16?,19-/m0/s1. The fraction of sp³-hybridized carbons (Fsp3) is 0.296. The Kier molecular flexibility index (Phi) is 5.66. The normalized spacial score (nSPS) is 18.8. The summed E-state index contributed by atoms with van der Waals surface area (Å²) in [7, 11) is 0. The molecular formula is C27H27FN6O2. The average molecular weight is 487 g/mol. The highest BCUT2D eigenvalue weighted by Gasteiger charge is 2.28. The average Bonchev–Trinajstić information content (AvgIpc) is 3.48. The fourth-order valence-corrected chi connectivity index (χ4v) is 5.26. The van der Waals surface area contributed by atoms with Crippen molar-refractivity contribution in [2.45, 2.75) is 38.5 Å². The van der Waals surface area contributed by atoms with Crippen molar-refractivity contribution in [3.05, 3.63) is 77.5 Å². The van der Waals surface area contributed by atoms with E-state index >= 15 is 0 Å². The first-order valence-electron chi connectivity index (χ1n) is 12.2. The van der Waals surface area contributed by atoms with E-state index in [1.165, 1.54) is 12.1 Å². The number of pyridine rings is 2. The minimum atomic E-state index is -0.345. The van der Waals surface area contributed by atoms with Crippen molar-refractivity contribution < 1.29 is 14.3 Å². The molecule has 1 unspecified atom stereocenters. The van der Waals surface area contributed by atoms with Crippen molar-refractivity contribution in [1.82, 2.24) is 24.6 Å². The molecule has 9 heteroatoms. The molecule has 0 aliphatic carbocycles. The highest BCUT2D eigenvalue weighted by molar-refractivity contribution is 6.06. The number of anilines is 2. The third-order valence-electron chi connectivity index (χ3n) is 7.22. The lowest BCUT2D eigenvalue weighted by atomic mass is 9.99. The van der Waals surface area contributed by atoms with Gasteiger partial charge >= 0.3 is 0 Å². The lowest BCUT2D eigenvalue weighted by Gasteiger charge is -2.34. The van der Waals surface area contributed by atoms with E-state index in [-0.39, 0.29) is 23.9 Å². The maximum atomic E-state index is 13.6. The minimum absolute atomic E-state index is 0.150. The molecule has 5 heterocycles. The van der Waals surface area contributed by atoms with Gasteiger partial charge in [-0.2, -0.15) is 0 Å². The molecular weight excluding hydrogens is 459 g/mol. The van der Waals surface area contributed by atoms with Crippen LogP contribution in [0.1, 0.15) is 47.3 Å². The molecule has 3 N–H and O–H groups in total. The highest BCUT2D eigenvalue weighted by atomic mass is 19.1. The van der Waals surface area contributed by atoms with E-state index < -0.39 is 0 Å². The summed E-state index contributed by atoms with van der Waals surface area (Å²) in [5.41, 5.74) is 5.37. The van der Waals surface area contributed by atoms with Gasteiger partial charge in [-0.1, -0.05) is 12.1 Å². The van der Waals surface area contributed by atoms with E-state index in [0.717, 1.165) is 41.8 Å². The molecule has 0 saturated carbocycles. The molecule has 1 amide bonds. The summed E-state index contributed by atoms with van der Waals surface area (Å²) in [6, 6.07) is 10.7. The lowest BCUT2D eigenvalue weighted by molar-refractivity contribution is 0.0503. The Morgan fingerprint density at radius 3 is 2.89 bits per heavy atom. The van der Waals surface area contributed by atoms with Gasteiger partial charge in [0.2, 0.25) is 0 Å². The lowest BCUT2D eigenvalue weighted by Crippen LogP contribution is -2.39. The van der Waals surface area contributed by atoms with Crippen LogP contribution in [0.15, 0.2) is 55.0 Å². The number of aromatic nitrogens is 3. The molecule has 0 spiro atoms. The summed E-state index contributed by atoms with van der Waals surface area (Å²) in [6.07, 6.45) is 6.77. The number of aliphatic hydroxyl groups excluding tert-OH is 1. The first-order valence-corrected chi connectivity index (χ1v) is 12.2. The number of rotatable bonds is 5. The van der Waals surface area contributed by atoms with E-state index in [1.54, 1.807) is 12.4 Å². The maximum Gasteiger partial charge on any atom is 0.254 e. The van der Waals surface area contributed by atoms with Gasteiger partial charge in [0, 0.05) is 43.2 Å². The maximum absolute atomic E-state index is 13.6. The zero-order valence-electron chi connectivity index (χ0n) is 19.9. The zero-order chi connectivity index (χ0) is 24.8. The van der Waals surface area contributed by atoms with Crippen molar-refractivity contribution >= 4 is 23.1 Å². The van der Waals surface area contributed by atoms with Gasteiger partial charge in [-0.25, -0.2) is 14.4 Å². The second-order valence-electron chi connectivity index (χ2n) is 9.48. The Morgan fingerprint density at radius 1 is 1.19 bits per heavy atom. The number of hydrogen-bond acceptors (Lipinski definition) is 6. The summed E-state index contributed by atoms with van der Waals surface area (Å²) < 4.78 is 15.4. The molecule has 1 aromatic carbocycles. The minimum Gasteiger partial charge on any atom is -0.392 e. The summed E-state index contributed by atoms with van der Waals surface area (Å²) in [6.45, 7) is 4.18. The van der Waals surface area contributed by atoms with E-state index in [4.69, 9.17) is 0 Å². The molecule has 1 saturated heterocycles. The van der Waals surface area contributed by atoms with Crippen LogP contribution in [0.4, 0.5) is 15.9 Å². The second kappa shape index (κ2) is 9.00. The van der Waals surface area contributed by atoms with Crippen LogP contribution in [0.2, 0.25) is 0 Å². The third-order valence-corrected chi connectivity index (χ3v) is 7.22.